The summed E-state index contributed by atoms with van der Waals surface area (Å²) in [4.78, 5) is 12.0. The Morgan fingerprint density at radius 3 is 2.27 bits per heavy atom. The molecular weight excluding hydrogens is 394 g/mol. The zero-order valence-corrected chi connectivity index (χ0v) is 15.9. The third-order valence-electron chi connectivity index (χ3n) is 2.88. The first-order chi connectivity index (χ1) is 9.58. The van der Waals surface area contributed by atoms with Gasteiger partial charge in [0.15, 0.2) is 0 Å². The number of halogens is 2. The van der Waals surface area contributed by atoms with Gasteiger partial charge in [-0.1, -0.05) is 15.9 Å². The molecule has 1 aromatic rings. The van der Waals surface area contributed by atoms with E-state index in [1.54, 1.807) is 26.0 Å². The Hall–Kier alpha value is -0.670. The molecule has 126 valence electrons. The van der Waals surface area contributed by atoms with E-state index in [0.29, 0.717) is 0 Å². The lowest BCUT2D eigenvalue weighted by molar-refractivity contribution is -0.122. The third kappa shape index (κ3) is 5.85. The Morgan fingerprint density at radius 2 is 1.82 bits per heavy atom. The average molecular weight is 415 g/mol. The van der Waals surface area contributed by atoms with Crippen LogP contribution in [0.5, 0.6) is 0 Å². The van der Waals surface area contributed by atoms with Gasteiger partial charge in [-0.25, -0.2) is 8.42 Å². The topological polar surface area (TPSA) is 92.5 Å². The van der Waals surface area contributed by atoms with E-state index in [1.165, 1.54) is 19.2 Å². The lowest BCUT2D eigenvalue weighted by Crippen LogP contribution is -2.51. The summed E-state index contributed by atoms with van der Waals surface area (Å²) in [6, 6.07) is 6.24. The summed E-state index contributed by atoms with van der Waals surface area (Å²) < 4.78 is 26.4. The van der Waals surface area contributed by atoms with Crippen LogP contribution in [0.25, 0.3) is 0 Å². The largest absolute Gasteiger partial charge is 0.349 e. The fourth-order valence-electron chi connectivity index (χ4n) is 1.54. The van der Waals surface area contributed by atoms with Crippen LogP contribution < -0.4 is 11.1 Å². The number of rotatable bonds is 6. The molecule has 0 aliphatic rings. The Bertz CT molecular complexity index is 605. The van der Waals surface area contributed by atoms with Crippen LogP contribution in [-0.4, -0.2) is 44.3 Å². The summed E-state index contributed by atoms with van der Waals surface area (Å²) >= 11 is 3.25. The molecule has 0 fully saturated rings. The number of nitrogens with zero attached hydrogens (tertiary/aromatic N) is 1. The molecule has 3 N–H and O–H groups in total. The first-order valence-electron chi connectivity index (χ1n) is 6.31. The molecule has 22 heavy (non-hydrogen) atoms. The van der Waals surface area contributed by atoms with Crippen molar-refractivity contribution < 1.29 is 13.2 Å². The lowest BCUT2D eigenvalue weighted by atomic mass is 10.1. The van der Waals surface area contributed by atoms with Gasteiger partial charge in [0.05, 0.1) is 11.4 Å². The Morgan fingerprint density at radius 1 is 1.32 bits per heavy atom. The summed E-state index contributed by atoms with van der Waals surface area (Å²) in [5.41, 5.74) is 4.96. The molecule has 0 atom stereocenters. The normalized spacial score (nSPS) is 11.9. The molecule has 0 spiro atoms. The molecule has 0 aromatic heterocycles. The van der Waals surface area contributed by atoms with E-state index in [1.807, 2.05) is 0 Å². The van der Waals surface area contributed by atoms with E-state index in [-0.39, 0.29) is 30.4 Å². The Kier molecular flexibility index (Phi) is 8.01. The van der Waals surface area contributed by atoms with Crippen LogP contribution in [-0.2, 0) is 14.8 Å². The smallest absolute Gasteiger partial charge is 0.243 e. The molecule has 1 aromatic carbocycles. The van der Waals surface area contributed by atoms with Crippen molar-refractivity contribution in [3.8, 4) is 0 Å². The highest BCUT2D eigenvalue weighted by molar-refractivity contribution is 9.10. The molecule has 0 saturated heterocycles. The first kappa shape index (κ1) is 21.3. The standard InChI is InChI=1S/C13H20BrN3O3S.ClH/c1-13(2,9-15)16-12(18)8-17(3)21(19,20)11-6-4-10(14)5-7-11;/h4-7H,8-9,15H2,1-3H3,(H,16,18);1H. The van der Waals surface area contributed by atoms with E-state index in [9.17, 15) is 13.2 Å². The molecule has 1 rings (SSSR count). The van der Waals surface area contributed by atoms with Crippen molar-refractivity contribution in [1.82, 2.24) is 9.62 Å². The van der Waals surface area contributed by atoms with E-state index < -0.39 is 21.5 Å². The fraction of sp³-hybridized carbons (Fsp3) is 0.462. The molecule has 0 aliphatic heterocycles. The van der Waals surface area contributed by atoms with Gasteiger partial charge < -0.3 is 11.1 Å². The maximum atomic E-state index is 12.3. The molecule has 0 aliphatic carbocycles. The van der Waals surface area contributed by atoms with Crippen molar-refractivity contribution in [2.75, 3.05) is 20.1 Å². The van der Waals surface area contributed by atoms with E-state index in [2.05, 4.69) is 21.2 Å². The zero-order chi connectivity index (χ0) is 16.3. The molecule has 0 saturated carbocycles. The Labute approximate surface area is 146 Å². The molecular formula is C13H21BrClN3O3S. The number of hydrogen-bond donors (Lipinski definition) is 2. The minimum atomic E-state index is -3.69. The molecule has 9 heteroatoms. The van der Waals surface area contributed by atoms with Gasteiger partial charge in [-0.2, -0.15) is 4.31 Å². The number of sulfonamides is 1. The minimum Gasteiger partial charge on any atom is -0.349 e. The van der Waals surface area contributed by atoms with Crippen molar-refractivity contribution in [2.45, 2.75) is 24.3 Å². The number of nitrogens with one attached hydrogen (secondary N) is 1. The van der Waals surface area contributed by atoms with Crippen molar-refractivity contribution >= 4 is 44.3 Å². The van der Waals surface area contributed by atoms with Gasteiger partial charge in [-0.3, -0.25) is 4.79 Å². The van der Waals surface area contributed by atoms with Gasteiger partial charge in [0, 0.05) is 23.6 Å². The molecule has 0 radical (unpaired) electrons. The second kappa shape index (κ2) is 8.26. The average Bonchev–Trinajstić information content (AvgIpc) is 2.38. The highest BCUT2D eigenvalue weighted by Gasteiger charge is 2.25. The molecule has 6 nitrogen and oxygen atoms in total. The van der Waals surface area contributed by atoms with Gasteiger partial charge in [-0.15, -0.1) is 12.4 Å². The van der Waals surface area contributed by atoms with Crippen molar-refractivity contribution in [3.05, 3.63) is 28.7 Å². The van der Waals surface area contributed by atoms with Crippen molar-refractivity contribution in [3.63, 3.8) is 0 Å². The van der Waals surface area contributed by atoms with Gasteiger partial charge in [0.25, 0.3) is 0 Å². The lowest BCUT2D eigenvalue weighted by Gasteiger charge is -2.25. The van der Waals surface area contributed by atoms with Crippen LogP contribution in [0.1, 0.15) is 13.8 Å². The number of amides is 1. The quantitative estimate of drug-likeness (QED) is 0.735. The highest BCUT2D eigenvalue weighted by Crippen LogP contribution is 2.17. The number of likely N-dealkylation sites (N-methyl/N-ethyl adjacent to an activating group) is 1. The molecule has 0 unspecified atom stereocenters. The van der Waals surface area contributed by atoms with E-state index in [4.69, 9.17) is 5.73 Å². The first-order valence-corrected chi connectivity index (χ1v) is 8.55. The predicted octanol–water partition coefficient (Wildman–Crippen LogP) is 1.34. The van der Waals surface area contributed by atoms with Crippen molar-refractivity contribution in [2.24, 2.45) is 5.73 Å². The number of carbonyl (C=O) groups excluding carboxylic acids is 1. The summed E-state index contributed by atoms with van der Waals surface area (Å²) in [6.45, 7) is 3.55. The summed E-state index contributed by atoms with van der Waals surface area (Å²) in [7, 11) is -2.33. The van der Waals surface area contributed by atoms with Crippen LogP contribution in [0.4, 0.5) is 0 Å². The summed E-state index contributed by atoms with van der Waals surface area (Å²) in [5.74, 6) is -0.395. The maximum absolute atomic E-state index is 12.3. The van der Waals surface area contributed by atoms with Crippen LogP contribution in [0, 0.1) is 0 Å². The van der Waals surface area contributed by atoms with Crippen LogP contribution in [0.2, 0.25) is 0 Å². The predicted molar refractivity (Wildman–Crippen MR) is 92.5 cm³/mol. The molecule has 0 bridgehead atoms. The van der Waals surface area contributed by atoms with Crippen molar-refractivity contribution in [1.29, 1.82) is 0 Å². The maximum Gasteiger partial charge on any atom is 0.243 e. The number of carbonyl (C=O) groups is 1. The number of benzene rings is 1. The van der Waals surface area contributed by atoms with Crippen LogP contribution >= 0.6 is 28.3 Å². The molecule has 0 heterocycles. The van der Waals surface area contributed by atoms with E-state index in [0.717, 1.165) is 8.78 Å². The van der Waals surface area contributed by atoms with Crippen LogP contribution in [0.3, 0.4) is 0 Å². The van der Waals surface area contributed by atoms with Crippen LogP contribution in [0.15, 0.2) is 33.6 Å². The monoisotopic (exact) mass is 413 g/mol. The fourth-order valence-corrected chi connectivity index (χ4v) is 2.93. The second-order valence-corrected chi connectivity index (χ2v) is 8.31. The van der Waals surface area contributed by atoms with Gasteiger partial charge in [0.1, 0.15) is 0 Å². The summed E-state index contributed by atoms with van der Waals surface area (Å²) in [5, 5.41) is 2.69. The van der Waals surface area contributed by atoms with E-state index >= 15 is 0 Å². The highest BCUT2D eigenvalue weighted by atomic mass is 79.9. The zero-order valence-electron chi connectivity index (χ0n) is 12.7. The molecule has 1 amide bonds. The van der Waals surface area contributed by atoms with Gasteiger partial charge in [-0.05, 0) is 38.1 Å². The SMILES string of the molecule is CN(CC(=O)NC(C)(C)CN)S(=O)(=O)c1ccc(Br)cc1.Cl. The second-order valence-electron chi connectivity index (χ2n) is 5.35. The summed E-state index contributed by atoms with van der Waals surface area (Å²) in [6.07, 6.45) is 0. The Balaban J connectivity index is 0.00000441. The third-order valence-corrected chi connectivity index (χ3v) is 5.22. The number of nitrogens with two attached hydrogens (primary N) is 1. The number of hydrogen-bond acceptors (Lipinski definition) is 4. The van der Waals surface area contributed by atoms with Gasteiger partial charge in [0.2, 0.25) is 15.9 Å². The van der Waals surface area contributed by atoms with Gasteiger partial charge >= 0.3 is 0 Å². The minimum absolute atomic E-state index is 0.